The molecule has 0 saturated carbocycles. The third-order valence-electron chi connectivity index (χ3n) is 3.36. The van der Waals surface area contributed by atoms with Gasteiger partial charge in [-0.1, -0.05) is 40.2 Å². The lowest BCUT2D eigenvalue weighted by Gasteiger charge is -2.04. The molecule has 0 aliphatic heterocycles. The van der Waals surface area contributed by atoms with E-state index in [1.54, 1.807) is 13.2 Å². The third kappa shape index (κ3) is 2.97. The number of methoxy groups -OCH3 is 1. The van der Waals surface area contributed by atoms with Crippen molar-refractivity contribution in [2.45, 2.75) is 0 Å². The van der Waals surface area contributed by atoms with E-state index in [0.29, 0.717) is 5.52 Å². The first-order chi connectivity index (χ1) is 10.7. The highest BCUT2D eigenvalue weighted by Crippen LogP contribution is 2.25. The number of fused-ring (bicyclic) bond motifs is 1. The fourth-order valence-electron chi connectivity index (χ4n) is 2.19. The number of nitrogens with zero attached hydrogens (tertiary/aromatic N) is 1. The van der Waals surface area contributed by atoms with Gasteiger partial charge in [0.05, 0.1) is 12.8 Å². The molecule has 0 fully saturated rings. The third-order valence-corrected chi connectivity index (χ3v) is 4.08. The van der Waals surface area contributed by atoms with Gasteiger partial charge >= 0.3 is 0 Å². The standard InChI is InChI=1S/C18H14BrNO2/c1-22-15-9-10-16(19)13(11-15)6-8-14-7-5-12-3-2-4-17(21)18(12)20-14/h2-11,21H,1H3/b8-6+. The molecule has 0 radical (unpaired) electrons. The number of phenolic OH excluding ortho intramolecular Hbond substituents is 1. The van der Waals surface area contributed by atoms with Crippen molar-refractivity contribution in [3.63, 3.8) is 0 Å². The van der Waals surface area contributed by atoms with Gasteiger partial charge in [0.2, 0.25) is 0 Å². The summed E-state index contributed by atoms with van der Waals surface area (Å²) in [5.41, 5.74) is 2.39. The van der Waals surface area contributed by atoms with Crippen LogP contribution in [0.5, 0.6) is 11.5 Å². The van der Waals surface area contributed by atoms with Crippen molar-refractivity contribution in [3.05, 3.63) is 64.3 Å². The molecular weight excluding hydrogens is 342 g/mol. The van der Waals surface area contributed by atoms with Gasteiger partial charge in [0, 0.05) is 9.86 Å². The largest absolute Gasteiger partial charge is 0.506 e. The zero-order valence-electron chi connectivity index (χ0n) is 12.0. The van der Waals surface area contributed by atoms with Crippen molar-refractivity contribution in [2.24, 2.45) is 0 Å². The highest BCUT2D eigenvalue weighted by Gasteiger charge is 2.02. The maximum atomic E-state index is 9.88. The first-order valence-electron chi connectivity index (χ1n) is 6.78. The molecule has 0 aliphatic carbocycles. The molecule has 3 nitrogen and oxygen atoms in total. The molecule has 0 saturated heterocycles. The Kier molecular flexibility index (Phi) is 4.11. The number of halogens is 1. The summed E-state index contributed by atoms with van der Waals surface area (Å²) in [5.74, 6) is 0.988. The Morgan fingerprint density at radius 3 is 2.77 bits per heavy atom. The van der Waals surface area contributed by atoms with E-state index in [0.717, 1.165) is 26.9 Å². The second kappa shape index (κ2) is 6.20. The molecule has 0 bridgehead atoms. The number of aromatic nitrogens is 1. The molecular formula is C18H14BrNO2. The van der Waals surface area contributed by atoms with Crippen LogP contribution in [0.4, 0.5) is 0 Å². The van der Waals surface area contributed by atoms with Crippen LogP contribution in [0.25, 0.3) is 23.1 Å². The maximum Gasteiger partial charge on any atom is 0.141 e. The monoisotopic (exact) mass is 355 g/mol. The van der Waals surface area contributed by atoms with E-state index in [1.165, 1.54) is 0 Å². The van der Waals surface area contributed by atoms with Gasteiger partial charge in [-0.3, -0.25) is 0 Å². The zero-order chi connectivity index (χ0) is 15.5. The summed E-state index contributed by atoms with van der Waals surface area (Å²) in [7, 11) is 1.64. The summed E-state index contributed by atoms with van der Waals surface area (Å²) in [6.07, 6.45) is 3.87. The van der Waals surface area contributed by atoms with E-state index in [1.807, 2.05) is 54.6 Å². The molecule has 0 unspecified atom stereocenters. The van der Waals surface area contributed by atoms with Crippen LogP contribution in [-0.4, -0.2) is 17.2 Å². The topological polar surface area (TPSA) is 42.4 Å². The Balaban J connectivity index is 1.97. The van der Waals surface area contributed by atoms with E-state index < -0.39 is 0 Å². The second-order valence-electron chi connectivity index (χ2n) is 4.81. The minimum atomic E-state index is 0.190. The van der Waals surface area contributed by atoms with E-state index in [9.17, 15) is 5.11 Å². The molecule has 110 valence electrons. The number of para-hydroxylation sites is 1. The van der Waals surface area contributed by atoms with Crippen LogP contribution in [0.2, 0.25) is 0 Å². The van der Waals surface area contributed by atoms with Gasteiger partial charge in [-0.05, 0) is 42.0 Å². The summed E-state index contributed by atoms with van der Waals surface area (Å²) in [6.45, 7) is 0. The number of pyridine rings is 1. The van der Waals surface area contributed by atoms with Crippen molar-refractivity contribution in [3.8, 4) is 11.5 Å². The van der Waals surface area contributed by atoms with E-state index in [2.05, 4.69) is 20.9 Å². The molecule has 0 atom stereocenters. The number of aromatic hydroxyl groups is 1. The molecule has 0 amide bonds. The predicted octanol–water partition coefficient (Wildman–Crippen LogP) is 4.88. The number of hydrogen-bond acceptors (Lipinski definition) is 3. The fraction of sp³-hybridized carbons (Fsp3) is 0.0556. The highest BCUT2D eigenvalue weighted by atomic mass is 79.9. The number of hydrogen-bond donors (Lipinski definition) is 1. The Morgan fingerprint density at radius 1 is 1.09 bits per heavy atom. The molecule has 0 aliphatic rings. The fourth-order valence-corrected chi connectivity index (χ4v) is 2.57. The quantitative estimate of drug-likeness (QED) is 0.727. The van der Waals surface area contributed by atoms with Gasteiger partial charge in [-0.25, -0.2) is 4.98 Å². The summed E-state index contributed by atoms with van der Waals surface area (Å²) in [6, 6.07) is 15.0. The number of ether oxygens (including phenoxy) is 1. The Bertz CT molecular complexity index is 859. The summed E-state index contributed by atoms with van der Waals surface area (Å²) < 4.78 is 6.21. The Labute approximate surface area is 137 Å². The van der Waals surface area contributed by atoms with E-state index in [4.69, 9.17) is 4.74 Å². The Hall–Kier alpha value is -2.33. The minimum Gasteiger partial charge on any atom is -0.506 e. The van der Waals surface area contributed by atoms with Crippen LogP contribution in [-0.2, 0) is 0 Å². The molecule has 0 spiro atoms. The lowest BCUT2D eigenvalue weighted by Crippen LogP contribution is -1.85. The molecule has 1 heterocycles. The minimum absolute atomic E-state index is 0.190. The van der Waals surface area contributed by atoms with Crippen LogP contribution in [0.1, 0.15) is 11.3 Å². The molecule has 2 aromatic carbocycles. The van der Waals surface area contributed by atoms with Crippen molar-refractivity contribution in [1.82, 2.24) is 4.98 Å². The van der Waals surface area contributed by atoms with E-state index >= 15 is 0 Å². The molecule has 1 N–H and O–H groups in total. The average Bonchev–Trinajstić information content (AvgIpc) is 2.55. The highest BCUT2D eigenvalue weighted by molar-refractivity contribution is 9.10. The SMILES string of the molecule is COc1ccc(Br)c(/C=C/c2ccc3cccc(O)c3n2)c1. The number of benzene rings is 2. The van der Waals surface area contributed by atoms with Crippen LogP contribution < -0.4 is 4.74 Å². The van der Waals surface area contributed by atoms with Gasteiger partial charge in [-0.15, -0.1) is 0 Å². The number of rotatable bonds is 3. The van der Waals surface area contributed by atoms with Crippen molar-refractivity contribution in [2.75, 3.05) is 7.11 Å². The van der Waals surface area contributed by atoms with Gasteiger partial charge < -0.3 is 9.84 Å². The molecule has 3 rings (SSSR count). The lowest BCUT2D eigenvalue weighted by molar-refractivity contribution is 0.414. The summed E-state index contributed by atoms with van der Waals surface area (Å²) in [5, 5.41) is 10.8. The summed E-state index contributed by atoms with van der Waals surface area (Å²) >= 11 is 3.52. The average molecular weight is 356 g/mol. The second-order valence-corrected chi connectivity index (χ2v) is 5.66. The zero-order valence-corrected chi connectivity index (χ0v) is 13.5. The van der Waals surface area contributed by atoms with Crippen molar-refractivity contribution >= 4 is 39.0 Å². The van der Waals surface area contributed by atoms with Crippen LogP contribution in [0.15, 0.2) is 53.0 Å². The van der Waals surface area contributed by atoms with Crippen molar-refractivity contribution in [1.29, 1.82) is 0 Å². The van der Waals surface area contributed by atoms with Gasteiger partial charge in [0.1, 0.15) is 17.0 Å². The first-order valence-corrected chi connectivity index (χ1v) is 7.57. The molecule has 4 heteroatoms. The van der Waals surface area contributed by atoms with Gasteiger partial charge in [0.15, 0.2) is 0 Å². The van der Waals surface area contributed by atoms with Crippen LogP contribution in [0.3, 0.4) is 0 Å². The van der Waals surface area contributed by atoms with E-state index in [-0.39, 0.29) is 5.75 Å². The molecule has 22 heavy (non-hydrogen) atoms. The van der Waals surface area contributed by atoms with Gasteiger partial charge in [0.25, 0.3) is 0 Å². The number of phenols is 1. The lowest BCUT2D eigenvalue weighted by atomic mass is 10.1. The smallest absolute Gasteiger partial charge is 0.141 e. The van der Waals surface area contributed by atoms with Gasteiger partial charge in [-0.2, -0.15) is 0 Å². The first kappa shape index (κ1) is 14.6. The maximum absolute atomic E-state index is 9.88. The predicted molar refractivity (Wildman–Crippen MR) is 93.0 cm³/mol. The Morgan fingerprint density at radius 2 is 1.95 bits per heavy atom. The van der Waals surface area contributed by atoms with Crippen LogP contribution in [0, 0.1) is 0 Å². The molecule has 1 aromatic heterocycles. The molecule has 3 aromatic rings. The normalized spacial score (nSPS) is 11.2. The van der Waals surface area contributed by atoms with Crippen molar-refractivity contribution < 1.29 is 9.84 Å². The summed E-state index contributed by atoms with van der Waals surface area (Å²) in [4.78, 5) is 4.48. The van der Waals surface area contributed by atoms with Crippen LogP contribution >= 0.6 is 15.9 Å².